The number of hydrogen-bond acceptors (Lipinski definition) is 4. The van der Waals surface area contributed by atoms with Gasteiger partial charge in [0.05, 0.1) is 4.90 Å². The minimum atomic E-state index is -3.63. The van der Waals surface area contributed by atoms with Gasteiger partial charge in [-0.25, -0.2) is 13.4 Å². The third-order valence-electron chi connectivity index (χ3n) is 1.82. The molecule has 0 saturated heterocycles. The summed E-state index contributed by atoms with van der Waals surface area (Å²) in [6.45, 7) is 0. The van der Waals surface area contributed by atoms with Crippen molar-refractivity contribution in [1.29, 1.82) is 0 Å². The van der Waals surface area contributed by atoms with Gasteiger partial charge in [0, 0.05) is 27.8 Å². The first kappa shape index (κ1) is 10.6. The Bertz CT molecular complexity index is 546. The van der Waals surface area contributed by atoms with Gasteiger partial charge >= 0.3 is 0 Å². The van der Waals surface area contributed by atoms with Crippen LogP contribution in [-0.4, -0.2) is 13.4 Å². The molecule has 3 nitrogen and oxygen atoms in total. The van der Waals surface area contributed by atoms with Crippen molar-refractivity contribution in [2.45, 2.75) is 4.90 Å². The fraction of sp³-hybridized carbons (Fsp3) is 0. The predicted molar refractivity (Wildman–Crippen MR) is 60.6 cm³/mol. The summed E-state index contributed by atoms with van der Waals surface area (Å²) in [4.78, 5) is 4.22. The van der Waals surface area contributed by atoms with Gasteiger partial charge in [-0.05, 0) is 12.1 Å². The molecule has 0 N–H and O–H groups in total. The highest BCUT2D eigenvalue weighted by atomic mass is 35.7. The van der Waals surface area contributed by atoms with E-state index in [9.17, 15) is 8.42 Å². The normalized spacial score (nSPS) is 11.5. The van der Waals surface area contributed by atoms with Gasteiger partial charge in [0.2, 0.25) is 0 Å². The Kier molecular flexibility index (Phi) is 2.77. The molecule has 1 heterocycles. The van der Waals surface area contributed by atoms with Crippen molar-refractivity contribution in [3.05, 3.63) is 35.8 Å². The van der Waals surface area contributed by atoms with Crippen LogP contribution in [0.3, 0.4) is 0 Å². The van der Waals surface area contributed by atoms with Gasteiger partial charge in [0.25, 0.3) is 9.05 Å². The van der Waals surface area contributed by atoms with Crippen molar-refractivity contribution in [2.24, 2.45) is 0 Å². The van der Waals surface area contributed by atoms with E-state index >= 15 is 0 Å². The van der Waals surface area contributed by atoms with E-state index < -0.39 is 9.05 Å². The van der Waals surface area contributed by atoms with Crippen molar-refractivity contribution in [3.8, 4) is 10.6 Å². The fourth-order valence-electron chi connectivity index (χ4n) is 1.13. The molecule has 78 valence electrons. The highest BCUT2D eigenvalue weighted by Gasteiger charge is 2.09. The van der Waals surface area contributed by atoms with Crippen LogP contribution in [0.25, 0.3) is 10.6 Å². The molecule has 0 fully saturated rings. The average molecular weight is 260 g/mol. The molecule has 0 saturated carbocycles. The largest absolute Gasteiger partial charge is 0.261 e. The minimum Gasteiger partial charge on any atom is -0.245 e. The van der Waals surface area contributed by atoms with Crippen LogP contribution in [0.1, 0.15) is 0 Å². The highest BCUT2D eigenvalue weighted by molar-refractivity contribution is 8.13. The topological polar surface area (TPSA) is 47.0 Å². The smallest absolute Gasteiger partial charge is 0.245 e. The zero-order valence-corrected chi connectivity index (χ0v) is 9.81. The Labute approximate surface area is 95.8 Å². The second kappa shape index (κ2) is 3.92. The number of benzene rings is 1. The highest BCUT2D eigenvalue weighted by Crippen LogP contribution is 2.24. The molecule has 0 spiro atoms. The van der Waals surface area contributed by atoms with Gasteiger partial charge < -0.3 is 0 Å². The summed E-state index contributed by atoms with van der Waals surface area (Å²) in [6, 6.07) is 6.32. The summed E-state index contributed by atoms with van der Waals surface area (Å²) in [7, 11) is 1.56. The first-order chi connectivity index (χ1) is 7.07. The molecule has 2 aromatic rings. The van der Waals surface area contributed by atoms with Gasteiger partial charge in [-0.3, -0.25) is 0 Å². The number of aromatic nitrogens is 1. The molecule has 2 rings (SSSR count). The zero-order chi connectivity index (χ0) is 10.9. The Morgan fingerprint density at radius 1 is 1.20 bits per heavy atom. The lowest BCUT2D eigenvalue weighted by Gasteiger charge is -1.98. The minimum absolute atomic E-state index is 0.101. The summed E-state index contributed by atoms with van der Waals surface area (Å²) < 4.78 is 22.0. The molecular formula is C9H6ClNO2S2. The Morgan fingerprint density at radius 3 is 2.33 bits per heavy atom. The maximum absolute atomic E-state index is 11.0. The molecule has 0 atom stereocenters. The molecule has 6 heteroatoms. The maximum Gasteiger partial charge on any atom is 0.261 e. The van der Waals surface area contributed by atoms with Crippen molar-refractivity contribution < 1.29 is 8.42 Å². The van der Waals surface area contributed by atoms with E-state index in [0.29, 0.717) is 0 Å². The van der Waals surface area contributed by atoms with E-state index in [2.05, 4.69) is 4.98 Å². The lowest BCUT2D eigenvalue weighted by atomic mass is 10.2. The van der Waals surface area contributed by atoms with Crippen LogP contribution < -0.4 is 0 Å². The first-order valence-corrected chi connectivity index (χ1v) is 7.21. The molecule has 1 aromatic heterocycles. The lowest BCUT2D eigenvalue weighted by molar-refractivity contribution is 0.609. The average Bonchev–Trinajstić information content (AvgIpc) is 2.69. The summed E-state index contributed by atoms with van der Waals surface area (Å²) in [6.07, 6.45) is 1.70. The quantitative estimate of drug-likeness (QED) is 0.779. The van der Waals surface area contributed by atoms with E-state index in [1.165, 1.54) is 23.5 Å². The lowest BCUT2D eigenvalue weighted by Crippen LogP contribution is -1.89. The summed E-state index contributed by atoms with van der Waals surface area (Å²) in [5, 5.41) is 2.72. The zero-order valence-electron chi connectivity index (χ0n) is 7.42. The van der Waals surface area contributed by atoms with Crippen molar-refractivity contribution in [3.63, 3.8) is 0 Å². The maximum atomic E-state index is 11.0. The van der Waals surface area contributed by atoms with Crippen LogP contribution in [-0.2, 0) is 9.05 Å². The second-order valence-electron chi connectivity index (χ2n) is 2.80. The summed E-state index contributed by atoms with van der Waals surface area (Å²) in [5.41, 5.74) is 0.883. The third-order valence-corrected chi connectivity index (χ3v) is 4.01. The summed E-state index contributed by atoms with van der Waals surface area (Å²) >= 11 is 1.50. The predicted octanol–water partition coefficient (Wildman–Crippen LogP) is 2.74. The van der Waals surface area contributed by atoms with Gasteiger partial charge in [0.1, 0.15) is 5.01 Å². The van der Waals surface area contributed by atoms with Crippen molar-refractivity contribution >= 4 is 31.1 Å². The summed E-state index contributed by atoms with van der Waals surface area (Å²) in [5.74, 6) is 0. The number of nitrogens with zero attached hydrogens (tertiary/aromatic N) is 1. The second-order valence-corrected chi connectivity index (χ2v) is 6.26. The van der Waals surface area contributed by atoms with Crippen molar-refractivity contribution in [2.75, 3.05) is 0 Å². The van der Waals surface area contributed by atoms with E-state index in [1.54, 1.807) is 18.3 Å². The van der Waals surface area contributed by atoms with E-state index in [4.69, 9.17) is 10.7 Å². The van der Waals surface area contributed by atoms with Crippen LogP contribution in [0, 0.1) is 0 Å². The molecule has 0 unspecified atom stereocenters. The van der Waals surface area contributed by atoms with Crippen LogP contribution in [0.15, 0.2) is 40.7 Å². The van der Waals surface area contributed by atoms with E-state index in [1.807, 2.05) is 5.38 Å². The Hall–Kier alpha value is -0.910. The van der Waals surface area contributed by atoms with E-state index in [0.717, 1.165) is 10.6 Å². The van der Waals surface area contributed by atoms with Gasteiger partial charge in [-0.2, -0.15) is 0 Å². The molecule has 0 bridgehead atoms. The molecule has 0 aliphatic carbocycles. The molecule has 0 amide bonds. The van der Waals surface area contributed by atoms with E-state index in [-0.39, 0.29) is 4.90 Å². The molecule has 0 aliphatic rings. The monoisotopic (exact) mass is 259 g/mol. The number of thiazole rings is 1. The molecular weight excluding hydrogens is 254 g/mol. The standard InChI is InChI=1S/C9H6ClNO2S2/c10-15(12,13)8-3-1-7(2-4-8)9-11-5-6-14-9/h1-6H. The van der Waals surface area contributed by atoms with Crippen molar-refractivity contribution in [1.82, 2.24) is 4.98 Å². The van der Waals surface area contributed by atoms with Gasteiger partial charge in [0.15, 0.2) is 0 Å². The SMILES string of the molecule is O=S(=O)(Cl)c1ccc(-c2nccs2)cc1. The molecule has 15 heavy (non-hydrogen) atoms. The molecule has 0 aliphatic heterocycles. The Morgan fingerprint density at radius 2 is 1.87 bits per heavy atom. The van der Waals surface area contributed by atoms with Crippen LogP contribution >= 0.6 is 22.0 Å². The van der Waals surface area contributed by atoms with Crippen LogP contribution in [0.2, 0.25) is 0 Å². The van der Waals surface area contributed by atoms with Crippen LogP contribution in [0.5, 0.6) is 0 Å². The third kappa shape index (κ3) is 2.37. The van der Waals surface area contributed by atoms with Crippen LogP contribution in [0.4, 0.5) is 0 Å². The van der Waals surface area contributed by atoms with Gasteiger partial charge in [-0.15, -0.1) is 11.3 Å². The number of hydrogen-bond donors (Lipinski definition) is 0. The van der Waals surface area contributed by atoms with Gasteiger partial charge in [-0.1, -0.05) is 12.1 Å². The molecule has 0 radical (unpaired) electrons. The Balaban J connectivity index is 2.42. The first-order valence-electron chi connectivity index (χ1n) is 4.02. The number of halogens is 1. The fourth-order valence-corrected chi connectivity index (χ4v) is 2.54. The number of rotatable bonds is 2. The molecule has 1 aromatic carbocycles.